The van der Waals surface area contributed by atoms with E-state index in [2.05, 4.69) is 43.4 Å². The monoisotopic (exact) mass is 266 g/mol. The van der Waals surface area contributed by atoms with Crippen molar-refractivity contribution in [3.8, 4) is 0 Å². The molecule has 0 radical (unpaired) electrons. The molecule has 3 heterocycles. The van der Waals surface area contributed by atoms with E-state index in [-0.39, 0.29) is 0 Å². The molecule has 0 unspecified atom stereocenters. The van der Waals surface area contributed by atoms with Gasteiger partial charge in [-0.05, 0) is 17.4 Å². The number of imidazole rings is 1. The first-order chi connectivity index (χ1) is 8.24. The molecule has 0 aliphatic rings. The van der Waals surface area contributed by atoms with Gasteiger partial charge in [-0.1, -0.05) is 11.8 Å². The zero-order chi connectivity index (χ0) is 11.8. The maximum absolute atomic E-state index is 4.55. The molecule has 0 aliphatic heterocycles. The lowest BCUT2D eigenvalue weighted by molar-refractivity contribution is 0.664. The van der Waals surface area contributed by atoms with Crippen molar-refractivity contribution in [2.75, 3.05) is 0 Å². The summed E-state index contributed by atoms with van der Waals surface area (Å²) in [4.78, 5) is 5.58. The number of tetrazole rings is 1. The SMILES string of the molecule is Cc1csc2nc(CSc3nnnn3C)cn12. The van der Waals surface area contributed by atoms with Crippen LogP contribution in [0.25, 0.3) is 4.96 Å². The van der Waals surface area contributed by atoms with Gasteiger partial charge in [-0.3, -0.25) is 4.40 Å². The molecule has 3 aromatic heterocycles. The van der Waals surface area contributed by atoms with E-state index in [0.717, 1.165) is 21.6 Å². The maximum atomic E-state index is 4.55. The van der Waals surface area contributed by atoms with Crippen LogP contribution in [0.15, 0.2) is 16.7 Å². The van der Waals surface area contributed by atoms with Crippen LogP contribution in [0.5, 0.6) is 0 Å². The predicted molar refractivity (Wildman–Crippen MR) is 66.2 cm³/mol. The Bertz CT molecular complexity index is 651. The summed E-state index contributed by atoms with van der Waals surface area (Å²) in [5, 5.41) is 14.2. The largest absolute Gasteiger partial charge is 0.295 e. The Morgan fingerprint density at radius 1 is 1.47 bits per heavy atom. The van der Waals surface area contributed by atoms with Crippen LogP contribution in [0.2, 0.25) is 0 Å². The predicted octanol–water partition coefficient (Wildman–Crippen LogP) is 1.52. The highest BCUT2D eigenvalue weighted by molar-refractivity contribution is 7.98. The number of aromatic nitrogens is 6. The van der Waals surface area contributed by atoms with Gasteiger partial charge in [0.1, 0.15) is 0 Å². The van der Waals surface area contributed by atoms with E-state index in [1.165, 1.54) is 5.69 Å². The third kappa shape index (κ3) is 1.93. The summed E-state index contributed by atoms with van der Waals surface area (Å²) < 4.78 is 3.77. The molecule has 8 heteroatoms. The number of hydrogen-bond acceptors (Lipinski definition) is 6. The van der Waals surface area contributed by atoms with Crippen molar-refractivity contribution in [1.29, 1.82) is 0 Å². The number of thioether (sulfide) groups is 1. The Hall–Kier alpha value is -1.41. The van der Waals surface area contributed by atoms with Crippen LogP contribution in [0.3, 0.4) is 0 Å². The van der Waals surface area contributed by atoms with Crippen molar-refractivity contribution in [3.63, 3.8) is 0 Å². The Morgan fingerprint density at radius 3 is 3.06 bits per heavy atom. The quantitative estimate of drug-likeness (QED) is 0.673. The van der Waals surface area contributed by atoms with Crippen molar-refractivity contribution in [1.82, 2.24) is 29.6 Å². The van der Waals surface area contributed by atoms with Gasteiger partial charge in [0.25, 0.3) is 0 Å². The number of thiazole rings is 1. The van der Waals surface area contributed by atoms with Gasteiger partial charge in [0.15, 0.2) is 4.96 Å². The third-order valence-corrected chi connectivity index (χ3v) is 4.37. The number of nitrogens with zero attached hydrogens (tertiary/aromatic N) is 6. The van der Waals surface area contributed by atoms with Crippen LogP contribution >= 0.6 is 23.1 Å². The molecule has 88 valence electrons. The fourth-order valence-corrected chi connectivity index (χ4v) is 3.10. The first-order valence-corrected chi connectivity index (χ1v) is 6.88. The van der Waals surface area contributed by atoms with E-state index in [0.29, 0.717) is 0 Å². The van der Waals surface area contributed by atoms with Crippen molar-refractivity contribution < 1.29 is 0 Å². The van der Waals surface area contributed by atoms with Gasteiger partial charge in [-0.2, -0.15) is 0 Å². The molecule has 0 fully saturated rings. The molecule has 3 aromatic rings. The Balaban J connectivity index is 1.79. The number of hydrogen-bond donors (Lipinski definition) is 0. The number of fused-ring (bicyclic) bond motifs is 1. The molecule has 17 heavy (non-hydrogen) atoms. The highest BCUT2D eigenvalue weighted by Crippen LogP contribution is 2.21. The lowest BCUT2D eigenvalue weighted by Crippen LogP contribution is -1.93. The van der Waals surface area contributed by atoms with Gasteiger partial charge in [-0.15, -0.1) is 16.4 Å². The average Bonchev–Trinajstić information content (AvgIpc) is 2.96. The molecule has 3 rings (SSSR count). The van der Waals surface area contributed by atoms with E-state index in [1.807, 2.05) is 7.05 Å². The molecule has 0 N–H and O–H groups in total. The molecule has 0 atom stereocenters. The normalized spacial score (nSPS) is 11.4. The zero-order valence-corrected chi connectivity index (χ0v) is 11.0. The maximum Gasteiger partial charge on any atom is 0.209 e. The molecule has 0 bridgehead atoms. The summed E-state index contributed by atoms with van der Waals surface area (Å²) in [5.74, 6) is 0.780. The van der Waals surface area contributed by atoms with Gasteiger partial charge in [0.05, 0.1) is 5.69 Å². The van der Waals surface area contributed by atoms with E-state index >= 15 is 0 Å². The fraction of sp³-hybridized carbons (Fsp3) is 0.333. The first-order valence-electron chi connectivity index (χ1n) is 5.01. The Morgan fingerprint density at radius 2 is 2.35 bits per heavy atom. The van der Waals surface area contributed by atoms with Gasteiger partial charge in [0, 0.05) is 30.1 Å². The number of rotatable bonds is 3. The second-order valence-corrected chi connectivity index (χ2v) is 5.41. The molecule has 0 spiro atoms. The van der Waals surface area contributed by atoms with Gasteiger partial charge < -0.3 is 0 Å². The second-order valence-electron chi connectivity index (χ2n) is 3.64. The first kappa shape index (κ1) is 10.7. The van der Waals surface area contributed by atoms with E-state index in [1.54, 1.807) is 27.8 Å². The van der Waals surface area contributed by atoms with Gasteiger partial charge in [0.2, 0.25) is 5.16 Å². The standard InChI is InChI=1S/C9H10N6S2/c1-6-4-16-8-10-7(3-15(6)8)5-17-9-11-12-13-14(9)2/h3-4H,5H2,1-2H3. The highest BCUT2D eigenvalue weighted by atomic mass is 32.2. The van der Waals surface area contributed by atoms with Crippen molar-refractivity contribution in [2.45, 2.75) is 17.8 Å². The van der Waals surface area contributed by atoms with Crippen LogP contribution in [0.1, 0.15) is 11.4 Å². The average molecular weight is 266 g/mol. The molecular formula is C9H10N6S2. The molecule has 0 aliphatic carbocycles. The van der Waals surface area contributed by atoms with Crippen molar-refractivity contribution in [3.05, 3.63) is 23.0 Å². The van der Waals surface area contributed by atoms with Gasteiger partial charge >= 0.3 is 0 Å². The van der Waals surface area contributed by atoms with Crippen LogP contribution in [-0.4, -0.2) is 29.6 Å². The Kier molecular flexibility index (Phi) is 2.60. The summed E-state index contributed by atoms with van der Waals surface area (Å²) in [5.41, 5.74) is 2.27. The third-order valence-electron chi connectivity index (χ3n) is 2.37. The smallest absolute Gasteiger partial charge is 0.209 e. The van der Waals surface area contributed by atoms with Crippen LogP contribution in [0, 0.1) is 6.92 Å². The molecule has 0 aromatic carbocycles. The van der Waals surface area contributed by atoms with Crippen LogP contribution in [-0.2, 0) is 12.8 Å². The lowest BCUT2D eigenvalue weighted by Gasteiger charge is -1.95. The molecule has 0 saturated heterocycles. The van der Waals surface area contributed by atoms with E-state index in [9.17, 15) is 0 Å². The summed E-state index contributed by atoms with van der Waals surface area (Å²) in [7, 11) is 1.83. The summed E-state index contributed by atoms with van der Waals surface area (Å²) >= 11 is 3.25. The zero-order valence-electron chi connectivity index (χ0n) is 9.36. The molecule has 0 amide bonds. The van der Waals surface area contributed by atoms with Crippen molar-refractivity contribution >= 4 is 28.1 Å². The highest BCUT2D eigenvalue weighted by Gasteiger charge is 2.08. The summed E-state index contributed by atoms with van der Waals surface area (Å²) in [6, 6.07) is 0. The minimum absolute atomic E-state index is 0.780. The minimum atomic E-state index is 0.780. The topological polar surface area (TPSA) is 60.9 Å². The van der Waals surface area contributed by atoms with E-state index in [4.69, 9.17) is 0 Å². The molecule has 6 nitrogen and oxygen atoms in total. The lowest BCUT2D eigenvalue weighted by atomic mass is 10.5. The van der Waals surface area contributed by atoms with Crippen molar-refractivity contribution in [2.24, 2.45) is 7.05 Å². The minimum Gasteiger partial charge on any atom is -0.295 e. The van der Waals surface area contributed by atoms with E-state index < -0.39 is 0 Å². The molecule has 0 saturated carbocycles. The van der Waals surface area contributed by atoms with Gasteiger partial charge in [-0.25, -0.2) is 9.67 Å². The summed E-state index contributed by atoms with van der Waals surface area (Å²) in [6.07, 6.45) is 2.07. The fourth-order valence-electron chi connectivity index (χ4n) is 1.49. The van der Waals surface area contributed by atoms with Crippen LogP contribution in [0.4, 0.5) is 0 Å². The Labute approximate surface area is 106 Å². The second kappa shape index (κ2) is 4.11. The number of aryl methyl sites for hydroxylation is 2. The molecular weight excluding hydrogens is 256 g/mol. The van der Waals surface area contributed by atoms with Crippen LogP contribution < -0.4 is 0 Å². The summed E-state index contributed by atoms with van der Waals surface area (Å²) in [6.45, 7) is 2.08.